The maximum absolute atomic E-state index is 13.5. The Balaban J connectivity index is 2.00. The molecule has 0 radical (unpaired) electrons. The average Bonchev–Trinajstić information content (AvgIpc) is 2.59. The predicted octanol–water partition coefficient (Wildman–Crippen LogP) is 3.17. The van der Waals surface area contributed by atoms with Gasteiger partial charge in [0.15, 0.2) is 0 Å². The number of carbonyl (C=O) groups is 1. The van der Waals surface area contributed by atoms with Gasteiger partial charge in [-0.25, -0.2) is 4.39 Å². The van der Waals surface area contributed by atoms with Crippen molar-refractivity contribution in [1.82, 2.24) is 5.32 Å². The SMILES string of the molecule is COc1ccc(C=CC(=O)NCc2ccccc2F)c(OC)c1. The van der Waals surface area contributed by atoms with E-state index >= 15 is 0 Å². The van der Waals surface area contributed by atoms with Crippen LogP contribution in [0.4, 0.5) is 4.39 Å². The highest BCUT2D eigenvalue weighted by Gasteiger charge is 2.04. The van der Waals surface area contributed by atoms with E-state index in [4.69, 9.17) is 9.47 Å². The lowest BCUT2D eigenvalue weighted by Crippen LogP contribution is -2.20. The Bertz CT molecular complexity index is 713. The lowest BCUT2D eigenvalue weighted by molar-refractivity contribution is -0.116. The second-order valence-corrected chi connectivity index (χ2v) is 4.75. The van der Waals surface area contributed by atoms with Crippen molar-refractivity contribution in [3.05, 3.63) is 65.5 Å². The summed E-state index contributed by atoms with van der Waals surface area (Å²) < 4.78 is 23.8. The van der Waals surface area contributed by atoms with E-state index in [1.165, 1.54) is 12.1 Å². The van der Waals surface area contributed by atoms with Crippen LogP contribution in [0.3, 0.4) is 0 Å². The third kappa shape index (κ3) is 4.57. The second kappa shape index (κ2) is 7.98. The Morgan fingerprint density at radius 2 is 1.96 bits per heavy atom. The first-order valence-electron chi connectivity index (χ1n) is 7.05. The number of benzene rings is 2. The van der Waals surface area contributed by atoms with Gasteiger partial charge in [0.25, 0.3) is 0 Å². The first kappa shape index (κ1) is 16.5. The molecule has 0 saturated carbocycles. The van der Waals surface area contributed by atoms with Crippen LogP contribution >= 0.6 is 0 Å². The number of methoxy groups -OCH3 is 2. The van der Waals surface area contributed by atoms with Gasteiger partial charge < -0.3 is 14.8 Å². The summed E-state index contributed by atoms with van der Waals surface area (Å²) in [5.41, 5.74) is 1.19. The van der Waals surface area contributed by atoms with E-state index in [1.54, 1.807) is 56.7 Å². The minimum absolute atomic E-state index is 0.135. The molecule has 0 bridgehead atoms. The number of halogens is 1. The zero-order valence-corrected chi connectivity index (χ0v) is 13.0. The molecule has 0 spiro atoms. The van der Waals surface area contributed by atoms with Crippen LogP contribution in [0.2, 0.25) is 0 Å². The van der Waals surface area contributed by atoms with E-state index in [2.05, 4.69) is 5.32 Å². The van der Waals surface area contributed by atoms with E-state index in [0.717, 1.165) is 5.56 Å². The molecule has 0 saturated heterocycles. The van der Waals surface area contributed by atoms with Gasteiger partial charge in [0.05, 0.1) is 14.2 Å². The summed E-state index contributed by atoms with van der Waals surface area (Å²) in [6.45, 7) is 0.135. The van der Waals surface area contributed by atoms with Crippen molar-refractivity contribution in [2.45, 2.75) is 6.54 Å². The van der Waals surface area contributed by atoms with Gasteiger partial charge in [-0.15, -0.1) is 0 Å². The van der Waals surface area contributed by atoms with Gasteiger partial charge >= 0.3 is 0 Å². The van der Waals surface area contributed by atoms with Gasteiger partial charge in [0.2, 0.25) is 5.91 Å². The third-order valence-electron chi connectivity index (χ3n) is 3.27. The Morgan fingerprint density at radius 3 is 2.65 bits per heavy atom. The highest BCUT2D eigenvalue weighted by atomic mass is 19.1. The second-order valence-electron chi connectivity index (χ2n) is 4.75. The molecule has 5 heteroatoms. The molecule has 0 fully saturated rings. The molecule has 0 aromatic heterocycles. The Morgan fingerprint density at radius 1 is 1.17 bits per heavy atom. The molecule has 1 amide bonds. The molecule has 23 heavy (non-hydrogen) atoms. The fourth-order valence-corrected chi connectivity index (χ4v) is 2.00. The molecule has 120 valence electrons. The number of rotatable bonds is 6. The molecule has 1 N–H and O–H groups in total. The van der Waals surface area contributed by atoms with Gasteiger partial charge in [0.1, 0.15) is 17.3 Å². The normalized spacial score (nSPS) is 10.6. The number of hydrogen-bond donors (Lipinski definition) is 1. The summed E-state index contributed by atoms with van der Waals surface area (Å²) in [6, 6.07) is 11.6. The Hall–Kier alpha value is -2.82. The molecule has 4 nitrogen and oxygen atoms in total. The zero-order chi connectivity index (χ0) is 16.7. The van der Waals surface area contributed by atoms with Crippen molar-refractivity contribution in [3.63, 3.8) is 0 Å². The largest absolute Gasteiger partial charge is 0.497 e. The lowest BCUT2D eigenvalue weighted by Gasteiger charge is -2.07. The quantitative estimate of drug-likeness (QED) is 0.833. The van der Waals surface area contributed by atoms with Gasteiger partial charge in [-0.05, 0) is 24.3 Å². The van der Waals surface area contributed by atoms with Crippen molar-refractivity contribution < 1.29 is 18.7 Å². The summed E-state index contributed by atoms with van der Waals surface area (Å²) in [5.74, 6) is 0.616. The summed E-state index contributed by atoms with van der Waals surface area (Å²) in [6.07, 6.45) is 3.01. The molecular weight excluding hydrogens is 297 g/mol. The van der Waals surface area contributed by atoms with Crippen LogP contribution < -0.4 is 14.8 Å². The van der Waals surface area contributed by atoms with Crippen molar-refractivity contribution in [2.75, 3.05) is 14.2 Å². The van der Waals surface area contributed by atoms with Crippen LogP contribution in [-0.4, -0.2) is 20.1 Å². The minimum atomic E-state index is -0.339. The van der Waals surface area contributed by atoms with Crippen LogP contribution in [-0.2, 0) is 11.3 Å². The monoisotopic (exact) mass is 315 g/mol. The van der Waals surface area contributed by atoms with E-state index in [9.17, 15) is 9.18 Å². The average molecular weight is 315 g/mol. The van der Waals surface area contributed by atoms with Gasteiger partial charge in [0, 0.05) is 29.8 Å². The van der Waals surface area contributed by atoms with Crippen molar-refractivity contribution >= 4 is 12.0 Å². The standard InChI is InChI=1S/C18H18FNO3/c1-22-15-9-7-13(17(11-15)23-2)8-10-18(21)20-12-14-5-3-4-6-16(14)19/h3-11H,12H2,1-2H3,(H,20,21). The van der Waals surface area contributed by atoms with Gasteiger partial charge in [-0.1, -0.05) is 18.2 Å². The summed E-state index contributed by atoms with van der Waals surface area (Å²) in [7, 11) is 3.12. The third-order valence-corrected chi connectivity index (χ3v) is 3.27. The molecule has 0 aliphatic carbocycles. The Labute approximate surface area is 134 Å². The number of ether oxygens (including phenoxy) is 2. The molecule has 0 aliphatic heterocycles. The molecule has 0 heterocycles. The van der Waals surface area contributed by atoms with Crippen molar-refractivity contribution in [3.8, 4) is 11.5 Å². The lowest BCUT2D eigenvalue weighted by atomic mass is 10.1. The van der Waals surface area contributed by atoms with E-state index in [1.807, 2.05) is 0 Å². The van der Waals surface area contributed by atoms with Crippen LogP contribution in [0.1, 0.15) is 11.1 Å². The molecule has 0 atom stereocenters. The van der Waals surface area contributed by atoms with E-state index < -0.39 is 0 Å². The molecular formula is C18H18FNO3. The summed E-state index contributed by atoms with van der Waals surface area (Å²) in [5, 5.41) is 2.64. The Kier molecular flexibility index (Phi) is 5.74. The van der Waals surface area contributed by atoms with Crippen LogP contribution in [0.5, 0.6) is 11.5 Å². The summed E-state index contributed by atoms with van der Waals surface area (Å²) >= 11 is 0. The van der Waals surface area contributed by atoms with Gasteiger partial charge in [-0.2, -0.15) is 0 Å². The minimum Gasteiger partial charge on any atom is -0.497 e. The molecule has 2 aromatic rings. The van der Waals surface area contributed by atoms with E-state index in [-0.39, 0.29) is 18.3 Å². The molecule has 0 aliphatic rings. The van der Waals surface area contributed by atoms with Crippen LogP contribution in [0.25, 0.3) is 6.08 Å². The summed E-state index contributed by atoms with van der Waals surface area (Å²) in [4.78, 5) is 11.8. The molecule has 2 rings (SSSR count). The number of nitrogens with one attached hydrogen (secondary N) is 1. The van der Waals surface area contributed by atoms with Crippen molar-refractivity contribution in [2.24, 2.45) is 0 Å². The number of hydrogen-bond acceptors (Lipinski definition) is 3. The molecule has 0 unspecified atom stereocenters. The maximum Gasteiger partial charge on any atom is 0.244 e. The van der Waals surface area contributed by atoms with Crippen molar-refractivity contribution in [1.29, 1.82) is 0 Å². The molecule has 2 aromatic carbocycles. The van der Waals surface area contributed by atoms with Gasteiger partial charge in [-0.3, -0.25) is 4.79 Å². The number of amides is 1. The maximum atomic E-state index is 13.5. The fourth-order valence-electron chi connectivity index (χ4n) is 2.00. The number of carbonyl (C=O) groups excluding carboxylic acids is 1. The smallest absolute Gasteiger partial charge is 0.244 e. The first-order valence-corrected chi connectivity index (χ1v) is 7.05. The highest BCUT2D eigenvalue weighted by molar-refractivity contribution is 5.92. The first-order chi connectivity index (χ1) is 11.1. The highest BCUT2D eigenvalue weighted by Crippen LogP contribution is 2.25. The fraction of sp³-hybridized carbons (Fsp3) is 0.167. The zero-order valence-electron chi connectivity index (χ0n) is 13.0. The van der Waals surface area contributed by atoms with Crippen LogP contribution in [0, 0.1) is 5.82 Å². The predicted molar refractivity (Wildman–Crippen MR) is 86.8 cm³/mol. The topological polar surface area (TPSA) is 47.6 Å². The van der Waals surface area contributed by atoms with E-state index in [0.29, 0.717) is 17.1 Å². The van der Waals surface area contributed by atoms with Crippen LogP contribution in [0.15, 0.2) is 48.5 Å².